The average molecular weight is 508 g/mol. The Bertz CT molecular complexity index is 586. The van der Waals surface area contributed by atoms with E-state index in [0.29, 0.717) is 0 Å². The molecule has 2 heterocycles. The van der Waals surface area contributed by atoms with Gasteiger partial charge in [0.25, 0.3) is 0 Å². The number of nitrogens with zero attached hydrogens (tertiary/aromatic N) is 1. The molecule has 3 nitrogen and oxygen atoms in total. The van der Waals surface area contributed by atoms with Crippen LogP contribution in [0.4, 0.5) is 0 Å². The molecule has 0 saturated carbocycles. The molecule has 0 fully saturated rings. The van der Waals surface area contributed by atoms with Crippen LogP contribution in [0.5, 0.6) is 11.5 Å². The summed E-state index contributed by atoms with van der Waals surface area (Å²) in [6.07, 6.45) is 9.11. The van der Waals surface area contributed by atoms with Crippen molar-refractivity contribution in [1.82, 2.24) is 4.90 Å². The van der Waals surface area contributed by atoms with Gasteiger partial charge in [-0.1, -0.05) is 12.5 Å². The molecular formula is C17H20NO2U-. The number of allylic oxidation sites excluding steroid dienone is 1. The molecule has 2 aliphatic heterocycles. The van der Waals surface area contributed by atoms with Crippen LogP contribution >= 0.6 is 0 Å². The Hall–Kier alpha value is -0.558. The van der Waals surface area contributed by atoms with Crippen LogP contribution in [-0.2, 0) is 12.0 Å². The van der Waals surface area contributed by atoms with Gasteiger partial charge in [-0.15, -0.1) is 0 Å². The zero-order chi connectivity index (χ0) is 13.7. The summed E-state index contributed by atoms with van der Waals surface area (Å²) in [5, 5.41) is 0. The first kappa shape index (κ1) is 15.3. The van der Waals surface area contributed by atoms with E-state index >= 15 is 0 Å². The summed E-state index contributed by atoms with van der Waals surface area (Å²) in [6.45, 7) is 2.09. The monoisotopic (exact) mass is 508 g/mol. The van der Waals surface area contributed by atoms with Crippen molar-refractivity contribution in [3.05, 3.63) is 41.8 Å². The molecule has 4 rings (SSSR count). The third kappa shape index (κ3) is 2.15. The summed E-state index contributed by atoms with van der Waals surface area (Å²) >= 11 is 0. The first-order valence-electron chi connectivity index (χ1n) is 7.31. The summed E-state index contributed by atoms with van der Waals surface area (Å²) in [6, 6.07) is 4.25. The summed E-state index contributed by atoms with van der Waals surface area (Å²) in [5.74, 6) is 1.85. The Balaban J connectivity index is 0.00000132. The molecule has 0 radical (unpaired) electrons. The van der Waals surface area contributed by atoms with Crippen molar-refractivity contribution in [3.63, 3.8) is 0 Å². The normalized spacial score (nSPS) is 29.3. The minimum Gasteiger partial charge on any atom is -0.493 e. The number of hydrogen-bond acceptors (Lipinski definition) is 3. The van der Waals surface area contributed by atoms with Gasteiger partial charge in [-0.2, -0.15) is 0 Å². The van der Waals surface area contributed by atoms with E-state index in [9.17, 15) is 0 Å². The van der Waals surface area contributed by atoms with E-state index in [4.69, 9.17) is 9.47 Å². The Morgan fingerprint density at radius 3 is 3.10 bits per heavy atom. The molecule has 1 spiro atoms. The van der Waals surface area contributed by atoms with Crippen molar-refractivity contribution in [3.8, 4) is 11.5 Å². The average Bonchev–Trinajstić information content (AvgIpc) is 2.74. The minimum absolute atomic E-state index is 0. The van der Waals surface area contributed by atoms with Gasteiger partial charge < -0.3 is 14.4 Å². The van der Waals surface area contributed by atoms with Crippen molar-refractivity contribution >= 4 is 0 Å². The smallest absolute Gasteiger partial charge is 0.164 e. The van der Waals surface area contributed by atoms with Crippen LogP contribution < -0.4 is 9.47 Å². The number of hydrogen-bond donors (Lipinski definition) is 0. The Labute approximate surface area is 150 Å². The molecule has 1 aliphatic carbocycles. The second-order valence-corrected chi connectivity index (χ2v) is 6.10. The van der Waals surface area contributed by atoms with E-state index in [1.165, 1.54) is 11.1 Å². The van der Waals surface area contributed by atoms with Gasteiger partial charge in [-0.05, 0) is 42.6 Å². The van der Waals surface area contributed by atoms with Crippen LogP contribution in [0, 0.1) is 37.5 Å². The summed E-state index contributed by atoms with van der Waals surface area (Å²) in [4.78, 5) is 2.40. The minimum atomic E-state index is 0. The second kappa shape index (κ2) is 5.57. The van der Waals surface area contributed by atoms with Crippen molar-refractivity contribution in [1.29, 1.82) is 0 Å². The predicted molar refractivity (Wildman–Crippen MR) is 78.1 cm³/mol. The van der Waals surface area contributed by atoms with Gasteiger partial charge in [0.2, 0.25) is 0 Å². The maximum Gasteiger partial charge on any atom is 0.164 e. The van der Waals surface area contributed by atoms with Crippen LogP contribution in [0.3, 0.4) is 0 Å². The third-order valence-electron chi connectivity index (χ3n) is 4.96. The molecule has 2 unspecified atom stereocenters. The van der Waals surface area contributed by atoms with Gasteiger partial charge in [0.1, 0.15) is 0 Å². The third-order valence-corrected chi connectivity index (χ3v) is 4.96. The quantitative estimate of drug-likeness (QED) is 0.545. The molecule has 4 heteroatoms. The van der Waals surface area contributed by atoms with Crippen LogP contribution in [0.25, 0.3) is 0 Å². The summed E-state index contributed by atoms with van der Waals surface area (Å²) in [7, 11) is 3.92. The molecular weight excluding hydrogens is 488 g/mol. The first-order valence-corrected chi connectivity index (χ1v) is 7.31. The van der Waals surface area contributed by atoms with Crippen LogP contribution in [0.15, 0.2) is 24.3 Å². The molecule has 0 aromatic heterocycles. The van der Waals surface area contributed by atoms with E-state index < -0.39 is 0 Å². The number of methoxy groups -OCH3 is 1. The van der Waals surface area contributed by atoms with E-state index in [1.807, 2.05) is 6.07 Å². The fourth-order valence-electron chi connectivity index (χ4n) is 3.94. The Morgan fingerprint density at radius 1 is 1.43 bits per heavy atom. The van der Waals surface area contributed by atoms with Gasteiger partial charge in [-0.25, -0.2) is 18.6 Å². The molecule has 21 heavy (non-hydrogen) atoms. The SMILES string of the molecule is COc1ccc2c3c1OC1C[CH-]C=CC31CCN(C)C2.[U]. The molecule has 0 bridgehead atoms. The first-order chi connectivity index (χ1) is 9.74. The zero-order valence-electron chi connectivity index (χ0n) is 12.6. The standard InChI is InChI=1S/C17H20NO2.U/c1-18-10-9-17-8-4-3-5-14(17)20-16-13(19-2)7-6-12(11-18)15(16)17;/h3-4,6-8,14H,5,9-11H2,1-2H3;/q-1;. The van der Waals surface area contributed by atoms with Gasteiger partial charge in [0, 0.05) is 37.7 Å². The van der Waals surface area contributed by atoms with Crippen LogP contribution in [0.2, 0.25) is 0 Å². The fourth-order valence-corrected chi connectivity index (χ4v) is 3.94. The van der Waals surface area contributed by atoms with E-state index in [0.717, 1.165) is 37.4 Å². The van der Waals surface area contributed by atoms with Crippen molar-refractivity contribution < 1.29 is 40.6 Å². The fraction of sp³-hybridized carbons (Fsp3) is 0.471. The maximum atomic E-state index is 6.31. The molecule has 110 valence electrons. The molecule has 0 amide bonds. The van der Waals surface area contributed by atoms with Crippen molar-refractivity contribution in [2.75, 3.05) is 20.7 Å². The number of rotatable bonds is 1. The van der Waals surface area contributed by atoms with E-state index in [-0.39, 0.29) is 42.6 Å². The molecule has 0 N–H and O–H groups in total. The number of ether oxygens (including phenoxy) is 2. The molecule has 0 saturated heterocycles. The van der Waals surface area contributed by atoms with Crippen molar-refractivity contribution in [2.24, 2.45) is 0 Å². The Kier molecular flexibility index (Phi) is 4.07. The molecule has 1 aromatic rings. The van der Waals surface area contributed by atoms with Crippen LogP contribution in [-0.4, -0.2) is 31.7 Å². The van der Waals surface area contributed by atoms with Gasteiger partial charge in [0.05, 0.1) is 13.2 Å². The van der Waals surface area contributed by atoms with Crippen LogP contribution in [0.1, 0.15) is 24.0 Å². The Morgan fingerprint density at radius 2 is 2.29 bits per heavy atom. The van der Waals surface area contributed by atoms with Gasteiger partial charge in [-0.3, -0.25) is 0 Å². The van der Waals surface area contributed by atoms with E-state index in [2.05, 4.69) is 36.6 Å². The topological polar surface area (TPSA) is 21.7 Å². The molecule has 2 atom stereocenters. The van der Waals surface area contributed by atoms with Gasteiger partial charge >= 0.3 is 0 Å². The predicted octanol–water partition coefficient (Wildman–Crippen LogP) is 2.69. The molecule has 1 aromatic carbocycles. The summed E-state index contributed by atoms with van der Waals surface area (Å²) < 4.78 is 11.8. The van der Waals surface area contributed by atoms with E-state index in [1.54, 1.807) is 7.11 Å². The molecule has 3 aliphatic rings. The maximum absolute atomic E-state index is 6.31. The number of benzene rings is 1. The second-order valence-electron chi connectivity index (χ2n) is 6.10. The van der Waals surface area contributed by atoms with Crippen molar-refractivity contribution in [2.45, 2.75) is 30.9 Å². The van der Waals surface area contributed by atoms with Gasteiger partial charge in [0.15, 0.2) is 11.5 Å². The largest absolute Gasteiger partial charge is 0.493 e. The summed E-state index contributed by atoms with van der Waals surface area (Å²) in [5.41, 5.74) is 2.80. The zero-order valence-corrected chi connectivity index (χ0v) is 16.7.